The van der Waals surface area contributed by atoms with Crippen molar-refractivity contribution >= 4 is 34.4 Å². The number of nitrogens with one attached hydrogen (secondary N) is 2. The van der Waals surface area contributed by atoms with Gasteiger partial charge in [0.2, 0.25) is 5.91 Å². The fourth-order valence-corrected chi connectivity index (χ4v) is 5.41. The highest BCUT2D eigenvalue weighted by atomic mass is 16.2. The number of anilines is 2. The number of amides is 2. The molecule has 3 aromatic heterocycles. The molecule has 0 unspecified atom stereocenters. The summed E-state index contributed by atoms with van der Waals surface area (Å²) in [7, 11) is 3.70. The highest BCUT2D eigenvalue weighted by molar-refractivity contribution is 6.06. The van der Waals surface area contributed by atoms with Gasteiger partial charge in [-0.25, -0.2) is 15.0 Å². The second kappa shape index (κ2) is 12.3. The average molecular weight is 553 g/mol. The molecule has 1 fully saturated rings. The number of hydrogen-bond donors (Lipinski definition) is 2. The highest BCUT2D eigenvalue weighted by Gasteiger charge is 2.24. The van der Waals surface area contributed by atoms with E-state index in [0.29, 0.717) is 18.2 Å². The van der Waals surface area contributed by atoms with Crippen LogP contribution in [0, 0.1) is 0 Å². The van der Waals surface area contributed by atoms with Gasteiger partial charge in [0, 0.05) is 82.0 Å². The number of hydrogen-bond acceptors (Lipinski definition) is 8. The van der Waals surface area contributed by atoms with Crippen molar-refractivity contribution in [2.75, 3.05) is 43.9 Å². The Bertz CT molecular complexity index is 1530. The number of para-hydroxylation sites is 1. The van der Waals surface area contributed by atoms with Crippen LogP contribution >= 0.6 is 0 Å². The third-order valence-electron chi connectivity index (χ3n) is 7.92. The molecule has 1 aromatic carbocycles. The molecule has 2 amide bonds. The standard InChI is InChI=1S/C31H36N8O2/c1-20(24-6-5-7-25-26(31(41)32-3)10-13-33-30(24)25)17-34-28-16-27(36-19-37-28)22-8-9-29(35-18-22)38(4)23-11-14-39(15-12-23)21(2)40/h5-10,13,16,18-20,23H,11-12,14-15,17H2,1-4H3,(H,32,41)(H,34,36,37)/t20-/m1/s1. The van der Waals surface area contributed by atoms with Crippen molar-refractivity contribution in [1.82, 2.24) is 30.2 Å². The number of piperidine rings is 1. The van der Waals surface area contributed by atoms with Gasteiger partial charge in [0.1, 0.15) is 18.0 Å². The van der Waals surface area contributed by atoms with Gasteiger partial charge < -0.3 is 20.4 Å². The summed E-state index contributed by atoms with van der Waals surface area (Å²) in [5, 5.41) is 6.98. The molecular weight excluding hydrogens is 516 g/mol. The highest BCUT2D eigenvalue weighted by Crippen LogP contribution is 2.28. The van der Waals surface area contributed by atoms with Crippen LogP contribution in [-0.4, -0.2) is 76.4 Å². The first-order chi connectivity index (χ1) is 19.9. The molecule has 212 valence electrons. The molecule has 5 rings (SSSR count). The lowest BCUT2D eigenvalue weighted by atomic mass is 9.96. The second-order valence-electron chi connectivity index (χ2n) is 10.5. The van der Waals surface area contributed by atoms with E-state index in [0.717, 1.165) is 65.3 Å². The molecule has 2 N–H and O–H groups in total. The largest absolute Gasteiger partial charge is 0.369 e. The number of rotatable bonds is 8. The average Bonchev–Trinajstić information content (AvgIpc) is 3.02. The van der Waals surface area contributed by atoms with E-state index in [4.69, 9.17) is 4.98 Å². The first-order valence-corrected chi connectivity index (χ1v) is 14.0. The fraction of sp³-hybridized carbons (Fsp3) is 0.355. The van der Waals surface area contributed by atoms with E-state index in [2.05, 4.69) is 50.5 Å². The van der Waals surface area contributed by atoms with E-state index >= 15 is 0 Å². The Morgan fingerprint density at radius 3 is 2.59 bits per heavy atom. The number of aromatic nitrogens is 4. The minimum absolute atomic E-state index is 0.114. The van der Waals surface area contributed by atoms with Crippen LogP contribution < -0.4 is 15.5 Å². The minimum atomic E-state index is -0.127. The summed E-state index contributed by atoms with van der Waals surface area (Å²) in [6, 6.07) is 14.0. The van der Waals surface area contributed by atoms with Crippen molar-refractivity contribution in [3.63, 3.8) is 0 Å². The zero-order valence-electron chi connectivity index (χ0n) is 24.0. The van der Waals surface area contributed by atoms with Gasteiger partial charge in [0.15, 0.2) is 0 Å². The molecule has 1 aliphatic rings. The lowest BCUT2D eigenvalue weighted by Crippen LogP contribution is -2.45. The summed E-state index contributed by atoms with van der Waals surface area (Å²) < 4.78 is 0. The number of likely N-dealkylation sites (tertiary alicyclic amines) is 1. The van der Waals surface area contributed by atoms with Gasteiger partial charge in [-0.15, -0.1) is 0 Å². The van der Waals surface area contributed by atoms with Gasteiger partial charge in [-0.2, -0.15) is 0 Å². The number of carbonyl (C=O) groups is 2. The van der Waals surface area contributed by atoms with Gasteiger partial charge in [-0.05, 0) is 36.6 Å². The lowest BCUT2D eigenvalue weighted by Gasteiger charge is -2.37. The van der Waals surface area contributed by atoms with Crippen molar-refractivity contribution in [1.29, 1.82) is 0 Å². The first-order valence-electron chi connectivity index (χ1n) is 14.0. The maximum absolute atomic E-state index is 12.3. The molecule has 41 heavy (non-hydrogen) atoms. The van der Waals surface area contributed by atoms with Crippen LogP contribution in [0.15, 0.2) is 61.2 Å². The van der Waals surface area contributed by atoms with E-state index < -0.39 is 0 Å². The second-order valence-corrected chi connectivity index (χ2v) is 10.5. The van der Waals surface area contributed by atoms with Crippen LogP contribution in [0.1, 0.15) is 48.5 Å². The van der Waals surface area contributed by atoms with Crippen molar-refractivity contribution in [3.8, 4) is 11.3 Å². The molecule has 4 heterocycles. The molecule has 1 saturated heterocycles. The molecule has 0 spiro atoms. The van der Waals surface area contributed by atoms with E-state index in [1.807, 2.05) is 41.4 Å². The predicted molar refractivity (Wildman–Crippen MR) is 161 cm³/mol. The number of fused-ring (bicyclic) bond motifs is 1. The Balaban J connectivity index is 1.25. The summed E-state index contributed by atoms with van der Waals surface area (Å²) in [6.45, 7) is 5.96. The topological polar surface area (TPSA) is 116 Å². The summed E-state index contributed by atoms with van der Waals surface area (Å²) in [4.78, 5) is 46.3. The summed E-state index contributed by atoms with van der Waals surface area (Å²) in [5.74, 6) is 1.75. The number of pyridine rings is 2. The molecular formula is C31H36N8O2. The van der Waals surface area contributed by atoms with Crippen LogP contribution in [0.25, 0.3) is 22.2 Å². The Labute approximate surface area is 240 Å². The van der Waals surface area contributed by atoms with Gasteiger partial charge in [0.25, 0.3) is 5.91 Å². The van der Waals surface area contributed by atoms with Crippen LogP contribution in [0.5, 0.6) is 0 Å². The van der Waals surface area contributed by atoms with Gasteiger partial charge >= 0.3 is 0 Å². The number of carbonyl (C=O) groups excluding carboxylic acids is 2. The first kappa shape index (κ1) is 27.9. The molecule has 0 bridgehead atoms. The van der Waals surface area contributed by atoms with E-state index in [-0.39, 0.29) is 17.7 Å². The van der Waals surface area contributed by atoms with E-state index in [1.165, 1.54) is 0 Å². The summed E-state index contributed by atoms with van der Waals surface area (Å²) in [5.41, 5.74) is 4.20. The predicted octanol–water partition coefficient (Wildman–Crippen LogP) is 4.11. The van der Waals surface area contributed by atoms with Gasteiger partial charge in [-0.3, -0.25) is 14.6 Å². The van der Waals surface area contributed by atoms with Crippen LogP contribution in [0.3, 0.4) is 0 Å². The molecule has 1 aliphatic heterocycles. The zero-order chi connectivity index (χ0) is 28.9. The SMILES string of the molecule is CNC(=O)c1ccnc2c([C@H](C)CNc3cc(-c4ccc(N(C)C5CCN(C(C)=O)CC5)nc4)ncn3)cccc12. The van der Waals surface area contributed by atoms with Gasteiger partial charge in [-0.1, -0.05) is 25.1 Å². The van der Waals surface area contributed by atoms with E-state index in [9.17, 15) is 9.59 Å². The summed E-state index contributed by atoms with van der Waals surface area (Å²) >= 11 is 0. The molecule has 1 atom stereocenters. The Morgan fingerprint density at radius 1 is 1.07 bits per heavy atom. The normalized spacial score (nSPS) is 14.5. The quantitative estimate of drug-likeness (QED) is 0.336. The molecule has 0 aliphatic carbocycles. The van der Waals surface area contributed by atoms with Crippen LogP contribution in [-0.2, 0) is 4.79 Å². The lowest BCUT2D eigenvalue weighted by molar-refractivity contribution is -0.129. The molecule has 10 nitrogen and oxygen atoms in total. The van der Waals surface area contributed by atoms with Crippen LogP contribution in [0.2, 0.25) is 0 Å². The smallest absolute Gasteiger partial charge is 0.251 e. The minimum Gasteiger partial charge on any atom is -0.369 e. The van der Waals surface area contributed by atoms with Crippen molar-refractivity contribution in [2.24, 2.45) is 0 Å². The fourth-order valence-electron chi connectivity index (χ4n) is 5.41. The third kappa shape index (κ3) is 6.11. The third-order valence-corrected chi connectivity index (χ3v) is 7.92. The number of nitrogens with zero attached hydrogens (tertiary/aromatic N) is 6. The van der Waals surface area contributed by atoms with E-state index in [1.54, 1.807) is 32.6 Å². The molecule has 0 radical (unpaired) electrons. The van der Waals surface area contributed by atoms with Gasteiger partial charge in [0.05, 0.1) is 16.8 Å². The Morgan fingerprint density at radius 2 is 1.88 bits per heavy atom. The van der Waals surface area contributed by atoms with Crippen LogP contribution in [0.4, 0.5) is 11.6 Å². The Hall–Kier alpha value is -4.60. The zero-order valence-corrected chi connectivity index (χ0v) is 24.0. The van der Waals surface area contributed by atoms with Crippen molar-refractivity contribution < 1.29 is 9.59 Å². The van der Waals surface area contributed by atoms with Crippen molar-refractivity contribution in [3.05, 3.63) is 72.3 Å². The number of benzene rings is 1. The Kier molecular flexibility index (Phi) is 8.37. The maximum atomic E-state index is 12.3. The van der Waals surface area contributed by atoms with Crippen molar-refractivity contribution in [2.45, 2.75) is 38.6 Å². The molecule has 10 heteroatoms. The molecule has 0 saturated carbocycles. The summed E-state index contributed by atoms with van der Waals surface area (Å²) in [6.07, 6.45) is 6.95. The monoisotopic (exact) mass is 552 g/mol. The molecule has 4 aromatic rings. The maximum Gasteiger partial charge on any atom is 0.251 e.